The van der Waals surface area contributed by atoms with Gasteiger partial charge in [0.25, 0.3) is 0 Å². The molecule has 5 N–H and O–H groups in total. The van der Waals surface area contributed by atoms with Crippen LogP contribution in [0.3, 0.4) is 0 Å². The van der Waals surface area contributed by atoms with Gasteiger partial charge in [0.15, 0.2) is 5.78 Å². The lowest BCUT2D eigenvalue weighted by molar-refractivity contribution is -0.245. The Morgan fingerprint density at radius 3 is 2.45 bits per heavy atom. The minimum atomic E-state index is -1.04. The van der Waals surface area contributed by atoms with E-state index in [-0.39, 0.29) is 45.2 Å². The van der Waals surface area contributed by atoms with Gasteiger partial charge in [-0.2, -0.15) is 0 Å². The molecule has 13 atom stereocenters. The maximum atomic E-state index is 14.9. The van der Waals surface area contributed by atoms with Gasteiger partial charge in [0.2, 0.25) is 0 Å². The second-order valence-electron chi connectivity index (χ2n) is 16.7. The average molecular weight is 581 g/mol. The summed E-state index contributed by atoms with van der Waals surface area (Å²) >= 11 is 0. The van der Waals surface area contributed by atoms with Crippen molar-refractivity contribution in [2.75, 3.05) is 6.61 Å². The SMILES string of the molecule is C[C@]12CCC#C[C@H](O)[C@]3(CC1)[C@H](C2)C1=CC(=O)[C@@H]2[C@]45CCCC[C@]2(CC[C@@H]4[C@](C)([C@H](O)CO)[C@@H](O)CC5)[C@]1(C)C[C@@H]3O. The maximum absolute atomic E-state index is 14.9. The minimum absolute atomic E-state index is 0.0629. The summed E-state index contributed by atoms with van der Waals surface area (Å²) in [5.41, 5.74) is -1.44. The summed E-state index contributed by atoms with van der Waals surface area (Å²) in [4.78, 5) is 14.9. The van der Waals surface area contributed by atoms with Crippen LogP contribution in [0.1, 0.15) is 111 Å². The summed E-state index contributed by atoms with van der Waals surface area (Å²) in [5.74, 6) is 6.19. The zero-order valence-corrected chi connectivity index (χ0v) is 25.9. The van der Waals surface area contributed by atoms with E-state index in [9.17, 15) is 30.3 Å². The van der Waals surface area contributed by atoms with Crippen LogP contribution in [-0.4, -0.2) is 62.3 Å². The normalized spacial score (nSPS) is 55.5. The van der Waals surface area contributed by atoms with E-state index < -0.39 is 41.9 Å². The van der Waals surface area contributed by atoms with Gasteiger partial charge >= 0.3 is 0 Å². The van der Waals surface area contributed by atoms with E-state index in [1.165, 1.54) is 5.57 Å². The molecular formula is C36H52O6. The lowest BCUT2D eigenvalue weighted by atomic mass is 9.31. The molecule has 0 unspecified atom stereocenters. The van der Waals surface area contributed by atoms with Gasteiger partial charge in [-0.3, -0.25) is 4.79 Å². The number of hydrogen-bond donors (Lipinski definition) is 5. The number of hydrogen-bond acceptors (Lipinski definition) is 6. The van der Waals surface area contributed by atoms with Crippen LogP contribution in [0, 0.1) is 62.1 Å². The molecule has 6 nitrogen and oxygen atoms in total. The Kier molecular flexibility index (Phi) is 6.59. The Morgan fingerprint density at radius 1 is 0.929 bits per heavy atom. The van der Waals surface area contributed by atoms with Gasteiger partial charge < -0.3 is 25.5 Å². The topological polar surface area (TPSA) is 118 Å². The molecule has 232 valence electrons. The van der Waals surface area contributed by atoms with Crippen molar-refractivity contribution in [3.8, 4) is 11.8 Å². The van der Waals surface area contributed by atoms with E-state index in [2.05, 4.69) is 25.7 Å². The van der Waals surface area contributed by atoms with Crippen molar-refractivity contribution in [2.45, 2.75) is 135 Å². The molecule has 0 radical (unpaired) electrons. The van der Waals surface area contributed by atoms with E-state index >= 15 is 0 Å². The van der Waals surface area contributed by atoms with Crippen LogP contribution >= 0.6 is 0 Å². The quantitative estimate of drug-likeness (QED) is 0.311. The Labute approximate surface area is 251 Å². The smallest absolute Gasteiger partial charge is 0.159 e. The van der Waals surface area contributed by atoms with Crippen LogP contribution in [0.4, 0.5) is 0 Å². The molecule has 5 fully saturated rings. The first kappa shape index (κ1) is 29.5. The van der Waals surface area contributed by atoms with Crippen molar-refractivity contribution in [3.63, 3.8) is 0 Å². The van der Waals surface area contributed by atoms with Crippen LogP contribution in [0.2, 0.25) is 0 Å². The molecule has 8 aliphatic carbocycles. The number of fused-ring (bicyclic) bond motifs is 5. The van der Waals surface area contributed by atoms with Gasteiger partial charge in [-0.25, -0.2) is 0 Å². The largest absolute Gasteiger partial charge is 0.394 e. The molecule has 6 heteroatoms. The van der Waals surface area contributed by atoms with E-state index in [1.807, 2.05) is 13.0 Å². The molecule has 4 bridgehead atoms. The first-order valence-electron chi connectivity index (χ1n) is 16.9. The lowest BCUT2D eigenvalue weighted by Gasteiger charge is -2.72. The Balaban J connectivity index is 1.42. The highest BCUT2D eigenvalue weighted by Crippen LogP contribution is 2.78. The van der Waals surface area contributed by atoms with Crippen molar-refractivity contribution >= 4 is 5.78 Å². The molecule has 0 saturated heterocycles. The molecule has 8 rings (SSSR count). The summed E-state index contributed by atoms with van der Waals surface area (Å²) in [6, 6.07) is 0. The second kappa shape index (κ2) is 9.39. The number of carbonyl (C=O) groups is 1. The van der Waals surface area contributed by atoms with Crippen molar-refractivity contribution in [1.29, 1.82) is 0 Å². The molecule has 2 spiro atoms. The van der Waals surface area contributed by atoms with Crippen molar-refractivity contribution in [3.05, 3.63) is 11.6 Å². The number of aliphatic hydroxyl groups excluding tert-OH is 5. The predicted molar refractivity (Wildman–Crippen MR) is 159 cm³/mol. The molecule has 5 saturated carbocycles. The molecule has 42 heavy (non-hydrogen) atoms. The number of carbonyl (C=O) groups excluding carboxylic acids is 1. The van der Waals surface area contributed by atoms with Gasteiger partial charge in [-0.05, 0) is 110 Å². The molecular weight excluding hydrogens is 528 g/mol. The van der Waals surface area contributed by atoms with E-state index in [0.717, 1.165) is 77.0 Å². The van der Waals surface area contributed by atoms with Crippen LogP contribution in [0.25, 0.3) is 0 Å². The standard InChI is InChI=1S/C36H52O6/c1-31-11-5-4-8-27(40)36(17-16-31)23(19-31)22-18-24(38)30-34-12-6-7-13-35(30,32(22,2)20-28(36)41)15-9-25(34)33(3,29(42)21-37)26(39)10-14-34/h18,23,25-30,37,39-42H,5-7,9-17,19-21H2,1-3H3/t23-,25-,26+,27+,28+,29-,30-,31+,32-,33+,34+,35-,36+/m1/s1. The van der Waals surface area contributed by atoms with Gasteiger partial charge in [0, 0.05) is 23.2 Å². The third-order valence-corrected chi connectivity index (χ3v) is 15.5. The first-order valence-corrected chi connectivity index (χ1v) is 16.9. The van der Waals surface area contributed by atoms with Crippen molar-refractivity contribution in [1.82, 2.24) is 0 Å². The number of allylic oxidation sites excluding steroid dienone is 2. The molecule has 0 aromatic heterocycles. The van der Waals surface area contributed by atoms with Crippen LogP contribution < -0.4 is 0 Å². The predicted octanol–water partition coefficient (Wildman–Crippen LogP) is 4.30. The summed E-state index contributed by atoms with van der Waals surface area (Å²) in [6.07, 6.45) is 10.2. The third kappa shape index (κ3) is 3.39. The monoisotopic (exact) mass is 580 g/mol. The summed E-state index contributed by atoms with van der Waals surface area (Å²) in [7, 11) is 0. The zero-order valence-electron chi connectivity index (χ0n) is 25.9. The van der Waals surface area contributed by atoms with Crippen LogP contribution in [-0.2, 0) is 4.79 Å². The lowest BCUT2D eigenvalue weighted by Crippen LogP contribution is -2.71. The maximum Gasteiger partial charge on any atom is 0.159 e. The van der Waals surface area contributed by atoms with E-state index in [4.69, 9.17) is 0 Å². The van der Waals surface area contributed by atoms with E-state index in [0.29, 0.717) is 12.8 Å². The Bertz CT molecular complexity index is 1240. The molecule has 0 aromatic rings. The summed E-state index contributed by atoms with van der Waals surface area (Å²) < 4.78 is 0. The minimum Gasteiger partial charge on any atom is -0.394 e. The highest BCUT2D eigenvalue weighted by atomic mass is 16.3. The van der Waals surface area contributed by atoms with Gasteiger partial charge in [-0.15, -0.1) is 5.92 Å². The third-order valence-electron chi connectivity index (χ3n) is 15.5. The van der Waals surface area contributed by atoms with Crippen molar-refractivity contribution < 1.29 is 30.3 Å². The fraction of sp³-hybridized carbons (Fsp3) is 0.861. The zero-order chi connectivity index (χ0) is 29.9. The van der Waals surface area contributed by atoms with Crippen LogP contribution in [0.5, 0.6) is 0 Å². The van der Waals surface area contributed by atoms with Gasteiger partial charge in [0.05, 0.1) is 24.9 Å². The fourth-order valence-corrected chi connectivity index (χ4v) is 13.2. The Morgan fingerprint density at radius 2 is 1.69 bits per heavy atom. The second-order valence-corrected chi connectivity index (χ2v) is 16.7. The Hall–Kier alpha value is -1.23. The molecule has 0 aromatic carbocycles. The van der Waals surface area contributed by atoms with Crippen LogP contribution in [0.15, 0.2) is 11.6 Å². The summed E-state index contributed by atoms with van der Waals surface area (Å²) in [5, 5.41) is 56.6. The number of rotatable bonds is 2. The van der Waals surface area contributed by atoms with E-state index in [1.54, 1.807) is 0 Å². The number of ketones is 1. The molecule has 0 amide bonds. The highest BCUT2D eigenvalue weighted by Gasteiger charge is 2.75. The van der Waals surface area contributed by atoms with Gasteiger partial charge in [-0.1, -0.05) is 45.1 Å². The molecule has 8 aliphatic rings. The van der Waals surface area contributed by atoms with Crippen molar-refractivity contribution in [2.24, 2.45) is 50.2 Å². The molecule has 0 aliphatic heterocycles. The number of aliphatic hydroxyl groups is 5. The first-order chi connectivity index (χ1) is 19.8. The summed E-state index contributed by atoms with van der Waals surface area (Å²) in [6.45, 7) is 6.23. The average Bonchev–Trinajstić information content (AvgIpc) is 2.99. The fourth-order valence-electron chi connectivity index (χ4n) is 13.2. The molecule has 0 heterocycles. The van der Waals surface area contributed by atoms with Gasteiger partial charge in [0.1, 0.15) is 6.10 Å². The highest BCUT2D eigenvalue weighted by molar-refractivity contribution is 5.96.